The number of benzene rings is 1. The van der Waals surface area contributed by atoms with Gasteiger partial charge in [0.1, 0.15) is 0 Å². The van der Waals surface area contributed by atoms with Crippen LogP contribution in [-0.4, -0.2) is 64.9 Å². The molecule has 202 valence electrons. The van der Waals surface area contributed by atoms with E-state index >= 15 is 0 Å². The molecule has 1 aromatic heterocycles. The van der Waals surface area contributed by atoms with Crippen LogP contribution >= 0.6 is 23.2 Å². The Balaban J connectivity index is 1.46. The highest BCUT2D eigenvalue weighted by Crippen LogP contribution is 2.33. The van der Waals surface area contributed by atoms with Gasteiger partial charge in [0.2, 0.25) is 11.9 Å². The van der Waals surface area contributed by atoms with Crippen molar-refractivity contribution in [2.24, 2.45) is 0 Å². The van der Waals surface area contributed by atoms with Crippen LogP contribution in [-0.2, 0) is 4.79 Å². The predicted octanol–water partition coefficient (Wildman–Crippen LogP) is 3.75. The number of carbonyl (C=O) groups is 1. The largest absolute Gasteiger partial charge is 0.429 e. The summed E-state index contributed by atoms with van der Waals surface area (Å²) in [6.07, 6.45) is 2.47. The van der Waals surface area contributed by atoms with Gasteiger partial charge >= 0.3 is 6.61 Å². The molecule has 2 aliphatic heterocycles. The molecule has 3 heterocycles. The molecule has 2 saturated heterocycles. The second-order valence-corrected chi connectivity index (χ2v) is 10.3. The fourth-order valence-corrected chi connectivity index (χ4v) is 5.21. The first-order valence-corrected chi connectivity index (χ1v) is 12.9. The van der Waals surface area contributed by atoms with Crippen molar-refractivity contribution in [2.75, 3.05) is 23.3 Å². The average Bonchev–Trinajstić information content (AvgIpc) is 3.27. The minimum Gasteiger partial charge on any atom is -0.429 e. The maximum Gasteiger partial charge on any atom is 0.387 e. The summed E-state index contributed by atoms with van der Waals surface area (Å²) in [6, 6.07) is 4.20. The lowest BCUT2D eigenvalue weighted by molar-refractivity contribution is -0.124. The Morgan fingerprint density at radius 1 is 1.30 bits per heavy atom. The van der Waals surface area contributed by atoms with Gasteiger partial charge in [-0.05, 0) is 50.8 Å². The van der Waals surface area contributed by atoms with Gasteiger partial charge in [-0.3, -0.25) is 4.79 Å². The summed E-state index contributed by atoms with van der Waals surface area (Å²) in [5.74, 6) is -0.0617. The third-order valence-electron chi connectivity index (χ3n) is 6.62. The third-order valence-corrected chi connectivity index (χ3v) is 7.19. The van der Waals surface area contributed by atoms with Gasteiger partial charge in [0.05, 0.1) is 30.4 Å². The van der Waals surface area contributed by atoms with Crippen molar-refractivity contribution >= 4 is 40.9 Å². The molecule has 4 rings (SSSR count). The molecule has 2 fully saturated rings. The van der Waals surface area contributed by atoms with Crippen LogP contribution < -0.4 is 25.6 Å². The number of aliphatic hydroxyl groups is 1. The molecular formula is C24H30Cl2F2N6O3. The van der Waals surface area contributed by atoms with E-state index in [1.807, 2.05) is 6.92 Å². The summed E-state index contributed by atoms with van der Waals surface area (Å²) in [7, 11) is 0. The van der Waals surface area contributed by atoms with Crippen molar-refractivity contribution in [1.29, 1.82) is 0 Å². The second-order valence-electron chi connectivity index (χ2n) is 9.41. The van der Waals surface area contributed by atoms with E-state index in [0.29, 0.717) is 28.6 Å². The van der Waals surface area contributed by atoms with Crippen molar-refractivity contribution in [3.63, 3.8) is 0 Å². The minimum atomic E-state index is -3.07. The summed E-state index contributed by atoms with van der Waals surface area (Å²) in [5.41, 5.74) is 0.687. The highest BCUT2D eigenvalue weighted by molar-refractivity contribution is 6.35. The summed E-state index contributed by atoms with van der Waals surface area (Å²) in [4.78, 5) is 22.9. The number of halogens is 4. The number of aromatic nitrogens is 2. The van der Waals surface area contributed by atoms with Gasteiger partial charge in [-0.2, -0.15) is 13.8 Å². The van der Waals surface area contributed by atoms with Crippen LogP contribution in [0, 0.1) is 0 Å². The number of piperidine rings is 1. The predicted molar refractivity (Wildman–Crippen MR) is 138 cm³/mol. The lowest BCUT2D eigenvalue weighted by Gasteiger charge is -2.36. The quantitative estimate of drug-likeness (QED) is 0.387. The fraction of sp³-hybridized carbons (Fsp3) is 0.542. The number of hydrogen-bond donors (Lipinski definition) is 4. The van der Waals surface area contributed by atoms with Crippen LogP contribution in [0.5, 0.6) is 5.75 Å². The number of alkyl halides is 2. The van der Waals surface area contributed by atoms with Crippen LogP contribution in [0.2, 0.25) is 10.0 Å². The molecule has 5 atom stereocenters. The highest BCUT2D eigenvalue weighted by atomic mass is 35.5. The van der Waals surface area contributed by atoms with Gasteiger partial charge in [0.25, 0.3) is 0 Å². The molecule has 0 aliphatic carbocycles. The van der Waals surface area contributed by atoms with Crippen LogP contribution in [0.15, 0.2) is 24.4 Å². The lowest BCUT2D eigenvalue weighted by atomic mass is 10.0. The van der Waals surface area contributed by atoms with Crippen LogP contribution in [0.25, 0.3) is 0 Å². The molecule has 2 aromatic rings. The van der Waals surface area contributed by atoms with E-state index in [4.69, 9.17) is 23.2 Å². The van der Waals surface area contributed by atoms with Gasteiger partial charge < -0.3 is 30.7 Å². The van der Waals surface area contributed by atoms with Crippen molar-refractivity contribution in [3.8, 4) is 5.75 Å². The number of rotatable bonds is 8. The monoisotopic (exact) mass is 558 g/mol. The molecule has 4 N–H and O–H groups in total. The number of anilines is 2. The molecule has 13 heteroatoms. The zero-order valence-corrected chi connectivity index (χ0v) is 21.9. The highest BCUT2D eigenvalue weighted by Gasteiger charge is 2.34. The number of carbonyl (C=O) groups excluding carboxylic acids is 1. The van der Waals surface area contributed by atoms with Crippen molar-refractivity contribution in [1.82, 2.24) is 20.6 Å². The standard InChI is InChI=1S/C24H30Cl2F2N6O3/c1-12-3-6-18(30-12)22(36)32-17-7-8-34(11-19(17)35)24-29-10-20(37-23(27)28)21(33-24)31-13(2)15-5-4-14(25)9-16(15)26/h4-5,9-10,12-13,17-19,23,30,35H,3,6-8,11H2,1-2H3,(H,32,36)(H,29,31,33)/t12?,13?,17-,18?,19-/m0/s1. The summed E-state index contributed by atoms with van der Waals surface area (Å²) in [6.45, 7) is 1.37. The van der Waals surface area contributed by atoms with E-state index in [0.717, 1.165) is 12.8 Å². The van der Waals surface area contributed by atoms with E-state index in [1.165, 1.54) is 6.20 Å². The van der Waals surface area contributed by atoms with Crippen molar-refractivity contribution < 1.29 is 23.4 Å². The number of nitrogens with one attached hydrogen (secondary N) is 3. The van der Waals surface area contributed by atoms with Crippen LogP contribution in [0.4, 0.5) is 20.5 Å². The van der Waals surface area contributed by atoms with Crippen LogP contribution in [0.3, 0.4) is 0 Å². The molecule has 0 spiro atoms. The maximum absolute atomic E-state index is 13.0. The Kier molecular flexibility index (Phi) is 8.89. The second kappa shape index (κ2) is 11.9. The number of nitrogens with zero attached hydrogens (tertiary/aromatic N) is 3. The SMILES string of the molecule is CC1CCC(C(=O)N[C@H]2CCN(c3ncc(OC(F)F)c(NC(C)c4ccc(Cl)cc4Cl)n3)C[C@@H]2O)N1. The average molecular weight is 559 g/mol. The number of hydrogen-bond acceptors (Lipinski definition) is 8. The van der Waals surface area contributed by atoms with Crippen molar-refractivity contribution in [2.45, 2.75) is 70.0 Å². The summed E-state index contributed by atoms with van der Waals surface area (Å²) < 4.78 is 30.7. The van der Waals surface area contributed by atoms with E-state index in [9.17, 15) is 18.7 Å². The number of β-amino-alcohol motifs (C(OH)–C–C–N with tert-alkyl or cyclic N) is 1. The van der Waals surface area contributed by atoms with Gasteiger partial charge in [-0.1, -0.05) is 29.3 Å². The van der Waals surface area contributed by atoms with E-state index in [1.54, 1.807) is 30.0 Å². The summed E-state index contributed by atoms with van der Waals surface area (Å²) in [5, 5.41) is 20.9. The topological polar surface area (TPSA) is 112 Å². The smallest absolute Gasteiger partial charge is 0.387 e. The van der Waals surface area contributed by atoms with E-state index in [-0.39, 0.29) is 42.1 Å². The Hall–Kier alpha value is -2.47. The van der Waals surface area contributed by atoms with Gasteiger partial charge in [0.15, 0.2) is 11.6 Å². The molecule has 0 saturated carbocycles. The minimum absolute atomic E-state index is 0.0511. The Morgan fingerprint density at radius 2 is 2.08 bits per heavy atom. The Morgan fingerprint density at radius 3 is 2.73 bits per heavy atom. The maximum atomic E-state index is 13.0. The number of ether oxygens (including phenoxy) is 1. The number of aliphatic hydroxyl groups excluding tert-OH is 1. The van der Waals surface area contributed by atoms with E-state index in [2.05, 4.69) is 30.7 Å². The molecule has 1 aromatic carbocycles. The molecule has 1 amide bonds. The lowest BCUT2D eigenvalue weighted by Crippen LogP contribution is -2.57. The third kappa shape index (κ3) is 6.90. The zero-order valence-electron chi connectivity index (χ0n) is 20.4. The van der Waals surface area contributed by atoms with Gasteiger partial charge in [-0.15, -0.1) is 0 Å². The first-order chi connectivity index (χ1) is 17.6. The van der Waals surface area contributed by atoms with Crippen molar-refractivity contribution in [3.05, 3.63) is 40.0 Å². The van der Waals surface area contributed by atoms with Gasteiger partial charge in [0, 0.05) is 29.2 Å². The van der Waals surface area contributed by atoms with Crippen LogP contribution in [0.1, 0.15) is 44.7 Å². The fourth-order valence-electron chi connectivity index (χ4n) is 4.63. The first kappa shape index (κ1) is 27.6. The molecule has 0 radical (unpaired) electrons. The summed E-state index contributed by atoms with van der Waals surface area (Å²) >= 11 is 12.3. The zero-order chi connectivity index (χ0) is 26.7. The molecular weight excluding hydrogens is 529 g/mol. The Labute approximate surface area is 223 Å². The molecule has 37 heavy (non-hydrogen) atoms. The molecule has 0 bridgehead atoms. The van der Waals surface area contributed by atoms with E-state index < -0.39 is 24.8 Å². The normalized spacial score (nSPS) is 24.7. The molecule has 3 unspecified atom stereocenters. The first-order valence-electron chi connectivity index (χ1n) is 12.1. The number of amides is 1. The molecule has 2 aliphatic rings. The Bertz CT molecular complexity index is 1110. The molecule has 9 nitrogen and oxygen atoms in total. The van der Waals surface area contributed by atoms with Gasteiger partial charge in [-0.25, -0.2) is 4.98 Å².